The summed E-state index contributed by atoms with van der Waals surface area (Å²) in [6, 6.07) is 3.44. The van der Waals surface area contributed by atoms with Gasteiger partial charge in [0.05, 0.1) is 11.3 Å². The molecule has 3 heterocycles. The van der Waals surface area contributed by atoms with Crippen LogP contribution in [0.5, 0.6) is 0 Å². The SMILES string of the molecule is CC.CSc1nc(Cl)cc(-c2c(N)nn3cccnc23)n1. The normalized spacial score (nSPS) is 10.3. The monoisotopic (exact) mass is 322 g/mol. The molecule has 0 fully saturated rings. The maximum atomic E-state index is 6.00. The van der Waals surface area contributed by atoms with Crippen molar-refractivity contribution in [2.75, 3.05) is 12.0 Å². The second-order valence-corrected chi connectivity index (χ2v) is 4.87. The van der Waals surface area contributed by atoms with Crippen LogP contribution in [0.4, 0.5) is 5.82 Å². The molecule has 0 aliphatic carbocycles. The first-order valence-corrected chi connectivity index (χ1v) is 7.97. The molecule has 0 aliphatic heterocycles. The van der Waals surface area contributed by atoms with E-state index in [9.17, 15) is 0 Å². The van der Waals surface area contributed by atoms with Crippen LogP contribution in [0.15, 0.2) is 29.7 Å². The number of rotatable bonds is 2. The third kappa shape index (κ3) is 3.08. The van der Waals surface area contributed by atoms with Crippen LogP contribution in [0.2, 0.25) is 5.15 Å². The van der Waals surface area contributed by atoms with Gasteiger partial charge in [-0.2, -0.15) is 0 Å². The van der Waals surface area contributed by atoms with Gasteiger partial charge in [-0.3, -0.25) is 0 Å². The lowest BCUT2D eigenvalue weighted by Gasteiger charge is -2.02. The number of hydrogen-bond donors (Lipinski definition) is 1. The molecule has 0 aliphatic rings. The van der Waals surface area contributed by atoms with Crippen LogP contribution in [0, 0.1) is 0 Å². The summed E-state index contributed by atoms with van der Waals surface area (Å²) < 4.78 is 1.61. The molecule has 110 valence electrons. The minimum atomic E-state index is 0.362. The molecule has 0 saturated carbocycles. The molecule has 0 atom stereocenters. The molecule has 8 heteroatoms. The smallest absolute Gasteiger partial charge is 0.189 e. The lowest BCUT2D eigenvalue weighted by molar-refractivity contribution is 0.945. The summed E-state index contributed by atoms with van der Waals surface area (Å²) in [7, 11) is 0. The Morgan fingerprint density at radius 3 is 2.76 bits per heavy atom. The van der Waals surface area contributed by atoms with Crippen molar-refractivity contribution >= 4 is 34.8 Å². The zero-order chi connectivity index (χ0) is 15.4. The van der Waals surface area contributed by atoms with Gasteiger partial charge in [0.25, 0.3) is 0 Å². The molecule has 3 rings (SSSR count). The van der Waals surface area contributed by atoms with Gasteiger partial charge in [-0.15, -0.1) is 5.10 Å². The number of thioether (sulfide) groups is 1. The van der Waals surface area contributed by atoms with Gasteiger partial charge < -0.3 is 5.73 Å². The number of nitrogen functional groups attached to an aromatic ring is 1. The number of aromatic nitrogens is 5. The standard InChI is InChI=1S/C11H9ClN6S.C2H6/c1-19-11-15-6(5-7(12)16-11)8-9(13)17-18-4-2-3-14-10(8)18;1-2/h2-5H,1H3,(H2,13,17);1-2H3. The first-order valence-electron chi connectivity index (χ1n) is 6.37. The third-order valence-corrected chi connectivity index (χ3v) is 3.28. The predicted molar refractivity (Wildman–Crippen MR) is 86.6 cm³/mol. The van der Waals surface area contributed by atoms with E-state index in [1.165, 1.54) is 11.8 Å². The molecule has 0 spiro atoms. The molecule has 6 nitrogen and oxygen atoms in total. The van der Waals surface area contributed by atoms with E-state index in [-0.39, 0.29) is 0 Å². The highest BCUT2D eigenvalue weighted by Crippen LogP contribution is 2.29. The lowest BCUT2D eigenvalue weighted by Crippen LogP contribution is -1.94. The Morgan fingerprint density at radius 2 is 2.05 bits per heavy atom. The molecule has 0 saturated heterocycles. The zero-order valence-electron chi connectivity index (χ0n) is 11.9. The topological polar surface area (TPSA) is 82.0 Å². The number of halogens is 1. The van der Waals surface area contributed by atoms with Gasteiger partial charge in [0, 0.05) is 18.5 Å². The minimum Gasteiger partial charge on any atom is -0.382 e. The van der Waals surface area contributed by atoms with E-state index in [2.05, 4.69) is 20.1 Å². The molecule has 0 aromatic carbocycles. The summed E-state index contributed by atoms with van der Waals surface area (Å²) in [5.41, 5.74) is 7.87. The first-order chi connectivity index (χ1) is 10.2. The van der Waals surface area contributed by atoms with E-state index in [0.29, 0.717) is 33.0 Å². The highest BCUT2D eigenvalue weighted by Gasteiger charge is 2.16. The van der Waals surface area contributed by atoms with Gasteiger partial charge in [0.15, 0.2) is 16.6 Å². The van der Waals surface area contributed by atoms with Crippen LogP contribution in [-0.4, -0.2) is 30.8 Å². The molecular weight excluding hydrogens is 308 g/mol. The quantitative estimate of drug-likeness (QED) is 0.443. The van der Waals surface area contributed by atoms with Gasteiger partial charge in [-0.05, 0) is 12.3 Å². The number of nitrogens with zero attached hydrogens (tertiary/aromatic N) is 5. The summed E-state index contributed by atoms with van der Waals surface area (Å²) in [6.45, 7) is 4.00. The second-order valence-electron chi connectivity index (χ2n) is 3.71. The zero-order valence-corrected chi connectivity index (χ0v) is 13.5. The van der Waals surface area contributed by atoms with Crippen molar-refractivity contribution in [2.45, 2.75) is 19.0 Å². The Balaban J connectivity index is 0.000000774. The van der Waals surface area contributed by atoms with Crippen molar-refractivity contribution < 1.29 is 0 Å². The van der Waals surface area contributed by atoms with Crippen LogP contribution < -0.4 is 5.73 Å². The highest BCUT2D eigenvalue weighted by atomic mass is 35.5. The number of anilines is 1. The molecule has 2 N–H and O–H groups in total. The van der Waals surface area contributed by atoms with E-state index in [4.69, 9.17) is 17.3 Å². The van der Waals surface area contributed by atoms with E-state index in [1.54, 1.807) is 29.0 Å². The summed E-state index contributed by atoms with van der Waals surface area (Å²) in [4.78, 5) is 12.8. The number of nitrogens with two attached hydrogens (primary N) is 1. The van der Waals surface area contributed by atoms with E-state index in [0.717, 1.165) is 0 Å². The van der Waals surface area contributed by atoms with Crippen LogP contribution in [0.3, 0.4) is 0 Å². The van der Waals surface area contributed by atoms with Gasteiger partial charge in [-0.1, -0.05) is 37.2 Å². The Morgan fingerprint density at radius 1 is 1.29 bits per heavy atom. The summed E-state index contributed by atoms with van der Waals surface area (Å²) >= 11 is 7.41. The fourth-order valence-corrected chi connectivity index (χ4v) is 2.38. The number of fused-ring (bicyclic) bond motifs is 1. The average molecular weight is 323 g/mol. The molecule has 0 amide bonds. The van der Waals surface area contributed by atoms with Gasteiger partial charge in [-0.25, -0.2) is 19.5 Å². The van der Waals surface area contributed by atoms with Crippen molar-refractivity contribution in [3.8, 4) is 11.3 Å². The summed E-state index contributed by atoms with van der Waals surface area (Å²) in [5, 5.41) is 5.14. The average Bonchev–Trinajstić information content (AvgIpc) is 2.84. The predicted octanol–water partition coefficient (Wildman–Crippen LogP) is 3.17. The Hall–Kier alpha value is -1.86. The minimum absolute atomic E-state index is 0.362. The van der Waals surface area contributed by atoms with Gasteiger partial charge >= 0.3 is 0 Å². The van der Waals surface area contributed by atoms with Crippen LogP contribution in [0.1, 0.15) is 13.8 Å². The van der Waals surface area contributed by atoms with Crippen LogP contribution in [-0.2, 0) is 0 Å². The molecule has 0 bridgehead atoms. The van der Waals surface area contributed by atoms with E-state index in [1.807, 2.05) is 20.1 Å². The molecule has 0 radical (unpaired) electrons. The van der Waals surface area contributed by atoms with Crippen LogP contribution in [0.25, 0.3) is 16.9 Å². The van der Waals surface area contributed by atoms with Crippen molar-refractivity contribution in [1.82, 2.24) is 24.6 Å². The molecule has 21 heavy (non-hydrogen) atoms. The van der Waals surface area contributed by atoms with Crippen molar-refractivity contribution in [3.05, 3.63) is 29.7 Å². The largest absolute Gasteiger partial charge is 0.382 e. The van der Waals surface area contributed by atoms with E-state index >= 15 is 0 Å². The molecule has 3 aromatic rings. The molecule has 0 unspecified atom stereocenters. The Labute approximate surface area is 131 Å². The second kappa shape index (κ2) is 6.73. The number of hydrogen-bond acceptors (Lipinski definition) is 6. The molecular formula is C13H15ClN6S. The van der Waals surface area contributed by atoms with Crippen molar-refractivity contribution in [3.63, 3.8) is 0 Å². The van der Waals surface area contributed by atoms with Crippen molar-refractivity contribution in [2.24, 2.45) is 0 Å². The molecule has 3 aromatic heterocycles. The fraction of sp³-hybridized carbons (Fsp3) is 0.231. The van der Waals surface area contributed by atoms with Crippen molar-refractivity contribution in [1.29, 1.82) is 0 Å². The third-order valence-electron chi connectivity index (χ3n) is 2.54. The maximum Gasteiger partial charge on any atom is 0.189 e. The summed E-state index contributed by atoms with van der Waals surface area (Å²) in [5.74, 6) is 0.362. The highest BCUT2D eigenvalue weighted by molar-refractivity contribution is 7.98. The fourth-order valence-electron chi connectivity index (χ4n) is 1.77. The van der Waals surface area contributed by atoms with Gasteiger partial charge in [0.1, 0.15) is 5.15 Å². The van der Waals surface area contributed by atoms with E-state index < -0.39 is 0 Å². The maximum absolute atomic E-state index is 6.00. The lowest BCUT2D eigenvalue weighted by atomic mass is 10.2. The first kappa shape index (κ1) is 15.5. The van der Waals surface area contributed by atoms with Crippen LogP contribution >= 0.6 is 23.4 Å². The Bertz CT molecular complexity index is 758. The van der Waals surface area contributed by atoms with Gasteiger partial charge in [0.2, 0.25) is 0 Å². The summed E-state index contributed by atoms with van der Waals surface area (Å²) in [6.07, 6.45) is 5.34. The Kier molecular flexibility index (Phi) is 4.98.